The average Bonchev–Trinajstić information content (AvgIpc) is 3.20. The van der Waals surface area contributed by atoms with Gasteiger partial charge in [0.05, 0.1) is 35.6 Å². The van der Waals surface area contributed by atoms with E-state index < -0.39 is 23.9 Å². The van der Waals surface area contributed by atoms with Crippen LogP contribution >= 0.6 is 11.3 Å². The number of esters is 3. The number of nitrogens with zero attached hydrogens (tertiary/aromatic N) is 2. The van der Waals surface area contributed by atoms with E-state index in [1.807, 2.05) is 13.8 Å². The zero-order valence-corrected chi connectivity index (χ0v) is 24.4. The first-order chi connectivity index (χ1) is 19.5. The van der Waals surface area contributed by atoms with E-state index in [2.05, 4.69) is 4.99 Å². The number of methoxy groups -OCH3 is 1. The highest BCUT2D eigenvalue weighted by atomic mass is 32.1. The van der Waals surface area contributed by atoms with E-state index in [0.717, 1.165) is 0 Å². The van der Waals surface area contributed by atoms with E-state index in [0.29, 0.717) is 31.9 Å². The van der Waals surface area contributed by atoms with Crippen molar-refractivity contribution in [1.29, 1.82) is 0 Å². The first-order valence-corrected chi connectivity index (χ1v) is 13.6. The summed E-state index contributed by atoms with van der Waals surface area (Å²) in [6.45, 7) is 8.34. The van der Waals surface area contributed by atoms with E-state index in [1.54, 1.807) is 55.5 Å². The molecule has 0 fully saturated rings. The number of benzene rings is 2. The molecule has 214 valence electrons. The van der Waals surface area contributed by atoms with Gasteiger partial charge in [0, 0.05) is 13.8 Å². The Hall–Kier alpha value is -4.51. The van der Waals surface area contributed by atoms with Crippen molar-refractivity contribution in [3.8, 4) is 17.2 Å². The van der Waals surface area contributed by atoms with Crippen LogP contribution in [0.3, 0.4) is 0 Å². The van der Waals surface area contributed by atoms with Gasteiger partial charge in [0.2, 0.25) is 0 Å². The van der Waals surface area contributed by atoms with Crippen LogP contribution in [0.4, 0.5) is 0 Å². The number of aromatic nitrogens is 1. The Bertz CT molecular complexity index is 1730. The highest BCUT2D eigenvalue weighted by Gasteiger charge is 2.34. The Balaban J connectivity index is 1.90. The van der Waals surface area contributed by atoms with E-state index in [9.17, 15) is 19.2 Å². The fourth-order valence-corrected chi connectivity index (χ4v) is 5.34. The fourth-order valence-electron chi connectivity index (χ4n) is 4.30. The molecule has 0 bridgehead atoms. The maximum atomic E-state index is 13.9. The van der Waals surface area contributed by atoms with Gasteiger partial charge in [-0.25, -0.2) is 9.79 Å². The summed E-state index contributed by atoms with van der Waals surface area (Å²) in [4.78, 5) is 55.3. The maximum Gasteiger partial charge on any atom is 0.338 e. The van der Waals surface area contributed by atoms with Gasteiger partial charge < -0.3 is 18.9 Å². The van der Waals surface area contributed by atoms with Crippen molar-refractivity contribution >= 4 is 35.3 Å². The largest absolute Gasteiger partial charge is 0.493 e. The molecule has 1 aliphatic rings. The van der Waals surface area contributed by atoms with Crippen molar-refractivity contribution in [2.24, 2.45) is 10.9 Å². The summed E-state index contributed by atoms with van der Waals surface area (Å²) >= 11 is 1.17. The maximum absolute atomic E-state index is 13.9. The molecule has 0 saturated carbocycles. The molecule has 1 aliphatic heterocycles. The number of carbonyl (C=O) groups is 3. The van der Waals surface area contributed by atoms with Crippen LogP contribution in [0.15, 0.2) is 63.5 Å². The van der Waals surface area contributed by atoms with Crippen LogP contribution in [0, 0.1) is 5.92 Å². The summed E-state index contributed by atoms with van der Waals surface area (Å²) in [5.74, 6) is -0.649. The molecule has 0 amide bonds. The monoisotopic (exact) mass is 578 g/mol. The van der Waals surface area contributed by atoms with E-state index in [4.69, 9.17) is 18.9 Å². The molecule has 2 heterocycles. The molecule has 0 radical (unpaired) electrons. The summed E-state index contributed by atoms with van der Waals surface area (Å²) in [6, 6.07) is 10.7. The molecule has 0 spiro atoms. The van der Waals surface area contributed by atoms with Gasteiger partial charge >= 0.3 is 17.9 Å². The fraction of sp³-hybridized carbons (Fsp3) is 0.300. The molecule has 3 aromatic rings. The number of allylic oxidation sites excluding steroid dienone is 1. The third-order valence-electron chi connectivity index (χ3n) is 5.96. The standard InChI is InChI=1S/C30H30N2O8S/c1-16(2)15-38-29(36)26-17(3)31-30-32(27(26)21-10-11-23(40-19(5)34)24(14-21)37-6)28(35)25(41-30)13-20-8-7-9-22(12-20)39-18(4)33/h7-14,16,27H,15H2,1-6H3/b25-13+. The van der Waals surface area contributed by atoms with Crippen molar-refractivity contribution in [3.63, 3.8) is 0 Å². The first kappa shape index (κ1) is 29.5. The van der Waals surface area contributed by atoms with Crippen LogP contribution in [0.1, 0.15) is 51.8 Å². The van der Waals surface area contributed by atoms with E-state index in [1.165, 1.54) is 36.9 Å². The van der Waals surface area contributed by atoms with Gasteiger partial charge in [-0.05, 0) is 54.3 Å². The molecule has 0 N–H and O–H groups in total. The van der Waals surface area contributed by atoms with Crippen LogP contribution in [0.5, 0.6) is 17.2 Å². The Morgan fingerprint density at radius 3 is 2.44 bits per heavy atom. The van der Waals surface area contributed by atoms with Gasteiger partial charge in [0.15, 0.2) is 16.3 Å². The second-order valence-corrected chi connectivity index (χ2v) is 10.8. The molecule has 2 aromatic carbocycles. The lowest BCUT2D eigenvalue weighted by atomic mass is 9.95. The van der Waals surface area contributed by atoms with Gasteiger partial charge in [0.1, 0.15) is 5.75 Å². The number of carbonyl (C=O) groups excluding carboxylic acids is 3. The molecule has 1 aromatic heterocycles. The third-order valence-corrected chi connectivity index (χ3v) is 6.95. The predicted octanol–water partition coefficient (Wildman–Crippen LogP) is 3.29. The second kappa shape index (κ2) is 12.3. The topological polar surface area (TPSA) is 122 Å². The molecule has 10 nitrogen and oxygen atoms in total. The Kier molecular flexibility index (Phi) is 8.87. The Morgan fingerprint density at radius 1 is 1.05 bits per heavy atom. The van der Waals surface area contributed by atoms with Crippen molar-refractivity contribution in [2.75, 3.05) is 13.7 Å². The van der Waals surface area contributed by atoms with Gasteiger partial charge in [-0.1, -0.05) is 43.4 Å². The van der Waals surface area contributed by atoms with Crippen LogP contribution in [0.2, 0.25) is 0 Å². The minimum Gasteiger partial charge on any atom is -0.493 e. The van der Waals surface area contributed by atoms with Crippen molar-refractivity contribution in [2.45, 2.75) is 40.7 Å². The molecular formula is C30H30N2O8S. The summed E-state index contributed by atoms with van der Waals surface area (Å²) in [5, 5.41) is 0. The molecular weight excluding hydrogens is 548 g/mol. The van der Waals surface area contributed by atoms with Gasteiger partial charge in [-0.3, -0.25) is 19.0 Å². The molecule has 1 unspecified atom stereocenters. The summed E-state index contributed by atoms with van der Waals surface area (Å²) < 4.78 is 23.3. The highest BCUT2D eigenvalue weighted by Crippen LogP contribution is 2.36. The summed E-state index contributed by atoms with van der Waals surface area (Å²) in [7, 11) is 1.43. The van der Waals surface area contributed by atoms with Crippen molar-refractivity contribution in [1.82, 2.24) is 4.57 Å². The predicted molar refractivity (Wildman–Crippen MR) is 152 cm³/mol. The molecule has 0 aliphatic carbocycles. The molecule has 4 rings (SSSR count). The molecule has 0 saturated heterocycles. The minimum absolute atomic E-state index is 0.102. The number of ether oxygens (including phenoxy) is 4. The average molecular weight is 579 g/mol. The molecule has 11 heteroatoms. The van der Waals surface area contributed by atoms with Gasteiger partial charge in [0.25, 0.3) is 5.56 Å². The smallest absolute Gasteiger partial charge is 0.338 e. The Labute approximate surface area is 240 Å². The number of rotatable bonds is 8. The number of fused-ring (bicyclic) bond motifs is 1. The number of thiazole rings is 1. The molecule has 41 heavy (non-hydrogen) atoms. The number of hydrogen-bond acceptors (Lipinski definition) is 10. The Morgan fingerprint density at radius 2 is 1.78 bits per heavy atom. The van der Waals surface area contributed by atoms with Crippen molar-refractivity contribution < 1.29 is 33.3 Å². The van der Waals surface area contributed by atoms with Crippen LogP contribution in [0.25, 0.3) is 6.08 Å². The highest BCUT2D eigenvalue weighted by molar-refractivity contribution is 7.07. The lowest BCUT2D eigenvalue weighted by Crippen LogP contribution is -2.40. The van der Waals surface area contributed by atoms with Crippen molar-refractivity contribution in [3.05, 3.63) is 84.5 Å². The van der Waals surface area contributed by atoms with Crippen LogP contribution in [-0.2, 0) is 19.1 Å². The van der Waals surface area contributed by atoms with Gasteiger partial charge in [-0.15, -0.1) is 0 Å². The summed E-state index contributed by atoms with van der Waals surface area (Å²) in [5.41, 5.74) is 1.43. The van der Waals surface area contributed by atoms with E-state index >= 15 is 0 Å². The first-order valence-electron chi connectivity index (χ1n) is 12.8. The van der Waals surface area contributed by atoms with Crippen LogP contribution < -0.4 is 29.1 Å². The zero-order chi connectivity index (χ0) is 29.8. The zero-order valence-electron chi connectivity index (χ0n) is 23.5. The van der Waals surface area contributed by atoms with Crippen LogP contribution in [-0.4, -0.2) is 36.2 Å². The third kappa shape index (κ3) is 6.63. The molecule has 1 atom stereocenters. The van der Waals surface area contributed by atoms with E-state index in [-0.39, 0.29) is 35.2 Å². The second-order valence-electron chi connectivity index (χ2n) is 9.74. The SMILES string of the molecule is COc1cc(C2C(C(=O)OCC(C)C)=C(C)N=c3s/c(=C/c4cccc(OC(C)=O)c4)c(=O)n32)ccc1OC(C)=O. The van der Waals surface area contributed by atoms with Gasteiger partial charge in [-0.2, -0.15) is 0 Å². The lowest BCUT2D eigenvalue weighted by Gasteiger charge is -2.25. The lowest BCUT2D eigenvalue weighted by molar-refractivity contribution is -0.140. The number of hydrogen-bond donors (Lipinski definition) is 0. The summed E-state index contributed by atoms with van der Waals surface area (Å²) in [6.07, 6.45) is 1.67. The normalized spacial score (nSPS) is 14.8. The quantitative estimate of drug-likeness (QED) is 0.295. The minimum atomic E-state index is -0.888.